The van der Waals surface area contributed by atoms with Crippen molar-refractivity contribution in [3.8, 4) is 6.07 Å². The van der Waals surface area contributed by atoms with Crippen LogP contribution in [-0.2, 0) is 0 Å². The Labute approximate surface area is 109 Å². The fraction of sp³-hybridized carbons (Fsp3) is 0.571. The average molecular weight is 244 g/mol. The molecule has 96 valence electrons. The molecule has 1 aliphatic rings. The minimum Gasteiger partial charge on any atom is -0.354 e. The summed E-state index contributed by atoms with van der Waals surface area (Å²) in [4.78, 5) is 9.03. The summed E-state index contributed by atoms with van der Waals surface area (Å²) in [5.74, 6) is 1.43. The van der Waals surface area contributed by atoms with E-state index in [9.17, 15) is 5.26 Å². The number of hydrogen-bond donors (Lipinski definition) is 0. The van der Waals surface area contributed by atoms with Crippen LogP contribution in [0.2, 0.25) is 0 Å². The molecule has 0 amide bonds. The van der Waals surface area contributed by atoms with Gasteiger partial charge in [0.15, 0.2) is 0 Å². The zero-order valence-corrected chi connectivity index (χ0v) is 11.5. The van der Waals surface area contributed by atoms with Crippen LogP contribution in [0, 0.1) is 24.2 Å². The van der Waals surface area contributed by atoms with E-state index in [-0.39, 0.29) is 0 Å². The molecule has 2 unspecified atom stereocenters. The summed E-state index contributed by atoms with van der Waals surface area (Å²) in [5.41, 5.74) is 1.64. The van der Waals surface area contributed by atoms with Gasteiger partial charge in [-0.25, -0.2) is 4.98 Å². The lowest BCUT2D eigenvalue weighted by Gasteiger charge is -2.23. The van der Waals surface area contributed by atoms with Crippen molar-refractivity contribution in [1.29, 1.82) is 5.26 Å². The highest BCUT2D eigenvalue weighted by Crippen LogP contribution is 2.27. The van der Waals surface area contributed by atoms with Gasteiger partial charge in [-0.15, -0.1) is 0 Å². The molecule has 4 nitrogen and oxygen atoms in total. The van der Waals surface area contributed by atoms with Gasteiger partial charge in [0.25, 0.3) is 0 Å². The monoisotopic (exact) mass is 244 g/mol. The largest absolute Gasteiger partial charge is 0.354 e. The Morgan fingerprint density at radius 3 is 2.67 bits per heavy atom. The summed E-state index contributed by atoms with van der Waals surface area (Å²) in [6.07, 6.45) is 0. The smallest absolute Gasteiger partial charge is 0.146 e. The molecule has 1 aromatic rings. The highest BCUT2D eigenvalue weighted by atomic mass is 15.3. The molecule has 0 N–H and O–H groups in total. The second-order valence-corrected chi connectivity index (χ2v) is 5.35. The number of rotatable bonds is 2. The molecule has 2 heterocycles. The van der Waals surface area contributed by atoms with Crippen molar-refractivity contribution >= 4 is 5.82 Å². The highest BCUT2D eigenvalue weighted by molar-refractivity contribution is 5.55. The minimum atomic E-state index is 0.527. The minimum absolute atomic E-state index is 0.527. The van der Waals surface area contributed by atoms with Crippen LogP contribution in [0.3, 0.4) is 0 Å². The number of hydrogen-bond acceptors (Lipinski definition) is 4. The van der Waals surface area contributed by atoms with E-state index in [1.807, 2.05) is 19.1 Å². The van der Waals surface area contributed by atoms with Crippen molar-refractivity contribution in [3.63, 3.8) is 0 Å². The third-order valence-corrected chi connectivity index (χ3v) is 3.67. The Bertz CT molecular complexity index is 475. The first-order valence-electron chi connectivity index (χ1n) is 6.32. The van der Waals surface area contributed by atoms with Crippen LogP contribution in [0.25, 0.3) is 0 Å². The molecule has 2 atom stereocenters. The third-order valence-electron chi connectivity index (χ3n) is 3.67. The van der Waals surface area contributed by atoms with Crippen LogP contribution >= 0.6 is 0 Å². The molecule has 2 rings (SSSR count). The van der Waals surface area contributed by atoms with Crippen molar-refractivity contribution < 1.29 is 0 Å². The lowest BCUT2D eigenvalue weighted by molar-refractivity contribution is 0.266. The van der Waals surface area contributed by atoms with E-state index in [2.05, 4.69) is 41.9 Å². The number of pyridine rings is 1. The van der Waals surface area contributed by atoms with Gasteiger partial charge in [0, 0.05) is 24.8 Å². The summed E-state index contributed by atoms with van der Waals surface area (Å²) >= 11 is 0. The Hall–Kier alpha value is -1.60. The van der Waals surface area contributed by atoms with Crippen LogP contribution in [0.5, 0.6) is 0 Å². The molecule has 4 heteroatoms. The number of anilines is 1. The topological polar surface area (TPSA) is 43.2 Å². The molecule has 1 saturated heterocycles. The van der Waals surface area contributed by atoms with Crippen molar-refractivity contribution in [2.75, 3.05) is 32.1 Å². The number of nitrogens with zero attached hydrogens (tertiary/aromatic N) is 4. The summed E-state index contributed by atoms with van der Waals surface area (Å²) in [5, 5.41) is 9.18. The number of aromatic nitrogens is 1. The number of nitriles is 1. The Balaban J connectivity index is 2.29. The molecular formula is C14H20N4. The predicted molar refractivity (Wildman–Crippen MR) is 72.5 cm³/mol. The molecule has 0 saturated carbocycles. The van der Waals surface area contributed by atoms with Gasteiger partial charge in [0.05, 0.1) is 5.56 Å². The Morgan fingerprint density at radius 2 is 2.11 bits per heavy atom. The maximum atomic E-state index is 9.18. The molecule has 1 aromatic heterocycles. The van der Waals surface area contributed by atoms with E-state index in [0.717, 1.165) is 24.6 Å². The van der Waals surface area contributed by atoms with Gasteiger partial charge < -0.3 is 9.80 Å². The molecule has 0 bridgehead atoms. The Morgan fingerprint density at radius 1 is 1.39 bits per heavy atom. The van der Waals surface area contributed by atoms with Crippen LogP contribution in [0.4, 0.5) is 5.82 Å². The zero-order valence-electron chi connectivity index (χ0n) is 11.5. The number of likely N-dealkylation sites (N-methyl/N-ethyl adjacent to an activating group) is 1. The van der Waals surface area contributed by atoms with Gasteiger partial charge >= 0.3 is 0 Å². The van der Waals surface area contributed by atoms with E-state index in [4.69, 9.17) is 0 Å². The van der Waals surface area contributed by atoms with Crippen LogP contribution in [0.15, 0.2) is 12.1 Å². The summed E-state index contributed by atoms with van der Waals surface area (Å²) in [6.45, 7) is 6.13. The van der Waals surface area contributed by atoms with Gasteiger partial charge in [0.1, 0.15) is 11.9 Å². The van der Waals surface area contributed by atoms with E-state index in [1.165, 1.54) is 0 Å². The average Bonchev–Trinajstić information content (AvgIpc) is 2.71. The quantitative estimate of drug-likeness (QED) is 0.793. The molecule has 0 radical (unpaired) electrons. The van der Waals surface area contributed by atoms with Crippen LogP contribution in [0.1, 0.15) is 18.2 Å². The van der Waals surface area contributed by atoms with E-state index in [1.54, 1.807) is 0 Å². The SMILES string of the molecule is Cc1ccc(C#N)c(N2CC(C)C(N(C)C)C2)n1. The molecule has 1 aliphatic heterocycles. The first-order valence-corrected chi connectivity index (χ1v) is 6.32. The number of aryl methyl sites for hydroxylation is 1. The fourth-order valence-corrected chi connectivity index (χ4v) is 2.67. The molecular weight excluding hydrogens is 224 g/mol. The predicted octanol–water partition coefficient (Wildman–Crippen LogP) is 1.65. The Kier molecular flexibility index (Phi) is 3.53. The molecule has 0 spiro atoms. The second kappa shape index (κ2) is 4.95. The first-order chi connectivity index (χ1) is 8.52. The summed E-state index contributed by atoms with van der Waals surface area (Å²) in [7, 11) is 4.22. The third kappa shape index (κ3) is 2.32. The summed E-state index contributed by atoms with van der Waals surface area (Å²) < 4.78 is 0. The first kappa shape index (κ1) is 12.8. The van der Waals surface area contributed by atoms with Crippen molar-refractivity contribution in [1.82, 2.24) is 9.88 Å². The fourth-order valence-electron chi connectivity index (χ4n) is 2.67. The maximum absolute atomic E-state index is 9.18. The zero-order chi connectivity index (χ0) is 13.3. The molecule has 0 aromatic carbocycles. The lowest BCUT2D eigenvalue weighted by atomic mass is 10.1. The highest BCUT2D eigenvalue weighted by Gasteiger charge is 2.32. The summed E-state index contributed by atoms with van der Waals surface area (Å²) in [6, 6.07) is 6.53. The maximum Gasteiger partial charge on any atom is 0.146 e. The van der Waals surface area contributed by atoms with E-state index >= 15 is 0 Å². The van der Waals surface area contributed by atoms with Crippen molar-refractivity contribution in [2.45, 2.75) is 19.9 Å². The standard InChI is InChI=1S/C14H20N4/c1-10-8-18(9-13(10)17(3)4)14-12(7-15)6-5-11(2)16-14/h5-6,10,13H,8-9H2,1-4H3. The van der Waals surface area contributed by atoms with E-state index in [0.29, 0.717) is 17.5 Å². The van der Waals surface area contributed by atoms with Crippen molar-refractivity contribution in [3.05, 3.63) is 23.4 Å². The molecule has 18 heavy (non-hydrogen) atoms. The van der Waals surface area contributed by atoms with Crippen LogP contribution in [-0.4, -0.2) is 43.1 Å². The molecule has 1 fully saturated rings. The van der Waals surface area contributed by atoms with Gasteiger partial charge in [-0.3, -0.25) is 0 Å². The van der Waals surface area contributed by atoms with Gasteiger partial charge in [-0.1, -0.05) is 6.92 Å². The van der Waals surface area contributed by atoms with Gasteiger partial charge in [-0.2, -0.15) is 5.26 Å². The lowest BCUT2D eigenvalue weighted by Crippen LogP contribution is -2.34. The van der Waals surface area contributed by atoms with Gasteiger partial charge in [0.2, 0.25) is 0 Å². The van der Waals surface area contributed by atoms with Gasteiger partial charge in [-0.05, 0) is 39.1 Å². The molecule has 0 aliphatic carbocycles. The van der Waals surface area contributed by atoms with E-state index < -0.39 is 0 Å². The normalized spacial score (nSPS) is 23.4. The van der Waals surface area contributed by atoms with Crippen molar-refractivity contribution in [2.24, 2.45) is 5.92 Å². The van der Waals surface area contributed by atoms with Crippen LogP contribution < -0.4 is 4.90 Å². The second-order valence-electron chi connectivity index (χ2n) is 5.35.